The summed E-state index contributed by atoms with van der Waals surface area (Å²) >= 11 is 0. The summed E-state index contributed by atoms with van der Waals surface area (Å²) in [6.07, 6.45) is -0.542. The molecule has 2 atom stereocenters. The second-order valence-electron chi connectivity index (χ2n) is 6.60. The Hall–Kier alpha value is -2.29. The Kier molecular flexibility index (Phi) is 5.66. The zero-order valence-corrected chi connectivity index (χ0v) is 15.4. The number of hydrogen-bond donors (Lipinski definition) is 1. The highest BCUT2D eigenvalue weighted by molar-refractivity contribution is 5.81. The molecule has 3 nitrogen and oxygen atoms in total. The van der Waals surface area contributed by atoms with Crippen LogP contribution in [0.4, 0.5) is 0 Å². The molecule has 0 aromatic heterocycles. The van der Waals surface area contributed by atoms with Crippen molar-refractivity contribution in [2.45, 2.75) is 53.7 Å². The lowest BCUT2D eigenvalue weighted by atomic mass is 10.00. The Morgan fingerprint density at radius 1 is 0.917 bits per heavy atom. The van der Waals surface area contributed by atoms with E-state index >= 15 is 0 Å². The number of aryl methyl sites for hydroxylation is 4. The molecule has 0 spiro atoms. The van der Waals surface area contributed by atoms with Crippen molar-refractivity contribution in [3.05, 3.63) is 64.2 Å². The molecule has 0 unspecified atom stereocenters. The average Bonchev–Trinajstić information content (AvgIpc) is 2.53. The van der Waals surface area contributed by atoms with Gasteiger partial charge in [0.2, 0.25) is 0 Å². The lowest BCUT2D eigenvalue weighted by molar-refractivity contribution is -0.127. The van der Waals surface area contributed by atoms with Gasteiger partial charge in [0.25, 0.3) is 5.91 Å². The van der Waals surface area contributed by atoms with E-state index in [4.69, 9.17) is 4.74 Å². The van der Waals surface area contributed by atoms with Crippen LogP contribution in [0, 0.1) is 27.7 Å². The van der Waals surface area contributed by atoms with E-state index in [1.807, 2.05) is 32.0 Å². The van der Waals surface area contributed by atoms with Crippen LogP contribution in [0.15, 0.2) is 36.4 Å². The van der Waals surface area contributed by atoms with Crippen LogP contribution in [0.2, 0.25) is 0 Å². The Morgan fingerprint density at radius 3 is 2.25 bits per heavy atom. The molecule has 0 bridgehead atoms. The Bertz CT molecular complexity index is 737. The van der Waals surface area contributed by atoms with Crippen molar-refractivity contribution in [1.29, 1.82) is 0 Å². The van der Waals surface area contributed by atoms with Crippen LogP contribution in [-0.2, 0) is 4.79 Å². The highest BCUT2D eigenvalue weighted by Gasteiger charge is 2.19. The van der Waals surface area contributed by atoms with E-state index in [9.17, 15) is 4.79 Å². The van der Waals surface area contributed by atoms with Gasteiger partial charge >= 0.3 is 0 Å². The number of rotatable bonds is 5. The zero-order chi connectivity index (χ0) is 17.9. The molecule has 128 valence electrons. The Balaban J connectivity index is 2.02. The number of benzene rings is 2. The van der Waals surface area contributed by atoms with Crippen molar-refractivity contribution in [1.82, 2.24) is 5.32 Å². The Labute approximate surface area is 145 Å². The third-order valence-electron chi connectivity index (χ3n) is 4.42. The molecule has 2 rings (SSSR count). The first kappa shape index (κ1) is 18.1. The molecule has 1 amide bonds. The van der Waals surface area contributed by atoms with Gasteiger partial charge < -0.3 is 10.1 Å². The summed E-state index contributed by atoms with van der Waals surface area (Å²) in [7, 11) is 0. The molecule has 0 heterocycles. The molecule has 3 heteroatoms. The summed E-state index contributed by atoms with van der Waals surface area (Å²) in [5, 5.41) is 3.05. The predicted molar refractivity (Wildman–Crippen MR) is 98.5 cm³/mol. The molecule has 0 saturated carbocycles. The quantitative estimate of drug-likeness (QED) is 0.875. The van der Waals surface area contributed by atoms with Gasteiger partial charge in [-0.25, -0.2) is 0 Å². The summed E-state index contributed by atoms with van der Waals surface area (Å²) in [4.78, 5) is 12.4. The molecule has 1 N–H and O–H groups in total. The lowest BCUT2D eigenvalue weighted by Crippen LogP contribution is -2.38. The maximum absolute atomic E-state index is 12.4. The fourth-order valence-corrected chi connectivity index (χ4v) is 2.68. The van der Waals surface area contributed by atoms with E-state index in [2.05, 4.69) is 44.3 Å². The minimum atomic E-state index is -0.542. The van der Waals surface area contributed by atoms with E-state index in [0.717, 1.165) is 16.9 Å². The molecule has 0 aliphatic carbocycles. The number of carbonyl (C=O) groups excluding carboxylic acids is 1. The number of nitrogens with one attached hydrogen (secondary N) is 1. The van der Waals surface area contributed by atoms with Crippen molar-refractivity contribution >= 4 is 5.91 Å². The summed E-state index contributed by atoms with van der Waals surface area (Å²) in [5.41, 5.74) is 5.88. The third kappa shape index (κ3) is 4.38. The maximum atomic E-state index is 12.4. The maximum Gasteiger partial charge on any atom is 0.261 e. The highest BCUT2D eigenvalue weighted by atomic mass is 16.5. The standard InChI is InChI=1S/C21H27NO2/c1-13-7-8-15(3)20(11-13)17(5)22-21(23)18(6)24-19-10-9-14(2)16(4)12-19/h7-12,17-18H,1-6H3,(H,22,23)/t17-,18+/m1/s1. The number of hydrogen-bond acceptors (Lipinski definition) is 2. The van der Waals surface area contributed by atoms with Gasteiger partial charge in [-0.15, -0.1) is 0 Å². The van der Waals surface area contributed by atoms with E-state index < -0.39 is 6.10 Å². The van der Waals surface area contributed by atoms with Crippen molar-refractivity contribution < 1.29 is 9.53 Å². The molecular weight excluding hydrogens is 298 g/mol. The predicted octanol–water partition coefficient (Wildman–Crippen LogP) is 4.56. The van der Waals surface area contributed by atoms with E-state index in [1.165, 1.54) is 16.7 Å². The topological polar surface area (TPSA) is 38.3 Å². The van der Waals surface area contributed by atoms with E-state index in [1.54, 1.807) is 6.92 Å². The SMILES string of the molecule is Cc1ccc(C)c([C@@H](C)NC(=O)[C@H](C)Oc2ccc(C)c(C)c2)c1. The number of carbonyl (C=O) groups is 1. The molecule has 2 aromatic carbocycles. The molecule has 0 radical (unpaired) electrons. The monoisotopic (exact) mass is 325 g/mol. The van der Waals surface area contributed by atoms with E-state index in [0.29, 0.717) is 0 Å². The number of amides is 1. The van der Waals surface area contributed by atoms with Crippen molar-refractivity contribution in [3.8, 4) is 5.75 Å². The minimum absolute atomic E-state index is 0.0526. The fraction of sp³-hybridized carbons (Fsp3) is 0.381. The first-order valence-corrected chi connectivity index (χ1v) is 8.39. The van der Waals surface area contributed by atoms with Crippen molar-refractivity contribution in [3.63, 3.8) is 0 Å². The van der Waals surface area contributed by atoms with Gasteiger partial charge in [0, 0.05) is 0 Å². The van der Waals surface area contributed by atoms with Crippen LogP contribution in [0.1, 0.15) is 47.7 Å². The average molecular weight is 325 g/mol. The number of ether oxygens (including phenoxy) is 1. The van der Waals surface area contributed by atoms with Crippen LogP contribution in [-0.4, -0.2) is 12.0 Å². The zero-order valence-electron chi connectivity index (χ0n) is 15.4. The van der Waals surface area contributed by atoms with Crippen LogP contribution >= 0.6 is 0 Å². The van der Waals surface area contributed by atoms with Crippen molar-refractivity contribution in [2.75, 3.05) is 0 Å². The molecule has 0 aliphatic rings. The normalized spacial score (nSPS) is 13.2. The van der Waals surface area contributed by atoms with Crippen LogP contribution < -0.4 is 10.1 Å². The molecule has 0 saturated heterocycles. The summed E-state index contributed by atoms with van der Waals surface area (Å²) in [6, 6.07) is 12.1. The summed E-state index contributed by atoms with van der Waals surface area (Å²) in [5.74, 6) is 0.613. The van der Waals surface area contributed by atoms with Crippen LogP contribution in [0.3, 0.4) is 0 Å². The van der Waals surface area contributed by atoms with Crippen LogP contribution in [0.25, 0.3) is 0 Å². The first-order valence-electron chi connectivity index (χ1n) is 8.39. The van der Waals surface area contributed by atoms with Gasteiger partial charge in [-0.3, -0.25) is 4.79 Å². The molecular formula is C21H27NO2. The lowest BCUT2D eigenvalue weighted by Gasteiger charge is -2.21. The van der Waals surface area contributed by atoms with Crippen molar-refractivity contribution in [2.24, 2.45) is 0 Å². The van der Waals surface area contributed by atoms with Gasteiger partial charge in [-0.2, -0.15) is 0 Å². The molecule has 2 aromatic rings. The minimum Gasteiger partial charge on any atom is -0.481 e. The summed E-state index contributed by atoms with van der Waals surface area (Å²) < 4.78 is 5.79. The third-order valence-corrected chi connectivity index (χ3v) is 4.42. The first-order chi connectivity index (χ1) is 11.3. The van der Waals surface area contributed by atoms with Gasteiger partial charge in [0.1, 0.15) is 5.75 Å². The van der Waals surface area contributed by atoms with E-state index in [-0.39, 0.29) is 11.9 Å². The highest BCUT2D eigenvalue weighted by Crippen LogP contribution is 2.20. The smallest absolute Gasteiger partial charge is 0.261 e. The van der Waals surface area contributed by atoms with Gasteiger partial charge in [-0.05, 0) is 75.9 Å². The summed E-state index contributed by atoms with van der Waals surface area (Å²) in [6.45, 7) is 12.0. The largest absolute Gasteiger partial charge is 0.481 e. The molecule has 0 aliphatic heterocycles. The van der Waals surface area contributed by atoms with Gasteiger partial charge in [0.05, 0.1) is 6.04 Å². The fourth-order valence-electron chi connectivity index (χ4n) is 2.68. The molecule has 0 fully saturated rings. The Morgan fingerprint density at radius 2 is 1.58 bits per heavy atom. The van der Waals surface area contributed by atoms with Gasteiger partial charge in [0.15, 0.2) is 6.10 Å². The second kappa shape index (κ2) is 7.52. The van der Waals surface area contributed by atoms with Gasteiger partial charge in [-0.1, -0.05) is 29.8 Å². The molecule has 24 heavy (non-hydrogen) atoms. The second-order valence-corrected chi connectivity index (χ2v) is 6.60. The van der Waals surface area contributed by atoms with Crippen LogP contribution in [0.5, 0.6) is 5.75 Å².